The van der Waals surface area contributed by atoms with E-state index >= 15 is 0 Å². The third-order valence-electron chi connectivity index (χ3n) is 3.27. The van der Waals surface area contributed by atoms with E-state index in [9.17, 15) is 0 Å². The van der Waals surface area contributed by atoms with Crippen LogP contribution in [-0.4, -0.2) is 18.7 Å². The molecule has 114 valence electrons. The topological polar surface area (TPSA) is 21.3 Å². The molecule has 1 rings (SSSR count). The molecular weight excluding hydrogens is 246 g/mol. The summed E-state index contributed by atoms with van der Waals surface area (Å²) in [6, 6.07) is 8.45. The Labute approximate surface area is 124 Å². The standard InChI is InChI=1S/C18H31NO/c1-15(2)16-10-9-11-17(14-16)20-13-8-6-7-12-19-18(3,4)5/h9-11,14-15,19H,6-8,12-13H2,1-5H3. The zero-order valence-electron chi connectivity index (χ0n) is 13.8. The van der Waals surface area contributed by atoms with Gasteiger partial charge in [0.25, 0.3) is 0 Å². The molecule has 0 amide bonds. The van der Waals surface area contributed by atoms with Gasteiger partial charge in [0.1, 0.15) is 5.75 Å². The van der Waals surface area contributed by atoms with Crippen molar-refractivity contribution in [1.29, 1.82) is 0 Å². The fourth-order valence-electron chi connectivity index (χ4n) is 2.02. The highest BCUT2D eigenvalue weighted by Gasteiger charge is 2.06. The highest BCUT2D eigenvalue weighted by molar-refractivity contribution is 5.30. The average Bonchev–Trinajstić information content (AvgIpc) is 2.36. The van der Waals surface area contributed by atoms with Gasteiger partial charge in [-0.25, -0.2) is 0 Å². The predicted molar refractivity (Wildman–Crippen MR) is 87.6 cm³/mol. The molecule has 0 saturated carbocycles. The van der Waals surface area contributed by atoms with E-state index in [-0.39, 0.29) is 5.54 Å². The van der Waals surface area contributed by atoms with E-state index in [0.29, 0.717) is 5.92 Å². The van der Waals surface area contributed by atoms with E-state index in [4.69, 9.17) is 4.74 Å². The molecular formula is C18H31NO. The third kappa shape index (κ3) is 7.54. The lowest BCUT2D eigenvalue weighted by Crippen LogP contribution is -2.36. The van der Waals surface area contributed by atoms with Crippen molar-refractivity contribution in [2.45, 2.75) is 65.3 Å². The smallest absolute Gasteiger partial charge is 0.119 e. The molecule has 20 heavy (non-hydrogen) atoms. The molecule has 0 aliphatic rings. The van der Waals surface area contributed by atoms with E-state index < -0.39 is 0 Å². The summed E-state index contributed by atoms with van der Waals surface area (Å²) < 4.78 is 5.82. The van der Waals surface area contributed by atoms with Gasteiger partial charge in [-0.1, -0.05) is 26.0 Å². The summed E-state index contributed by atoms with van der Waals surface area (Å²) in [6.45, 7) is 12.9. The summed E-state index contributed by atoms with van der Waals surface area (Å²) in [5.74, 6) is 1.56. The van der Waals surface area contributed by atoms with Crippen LogP contribution in [0, 0.1) is 0 Å². The maximum absolute atomic E-state index is 5.82. The molecule has 0 saturated heterocycles. The van der Waals surface area contributed by atoms with E-state index in [1.807, 2.05) is 6.07 Å². The van der Waals surface area contributed by atoms with E-state index in [1.165, 1.54) is 18.4 Å². The van der Waals surface area contributed by atoms with Crippen molar-refractivity contribution in [3.05, 3.63) is 29.8 Å². The minimum atomic E-state index is 0.230. The predicted octanol–water partition coefficient (Wildman–Crippen LogP) is 4.75. The summed E-state index contributed by atoms with van der Waals surface area (Å²) in [4.78, 5) is 0. The van der Waals surface area contributed by atoms with Crippen LogP contribution in [0.3, 0.4) is 0 Å². The molecule has 2 nitrogen and oxygen atoms in total. The molecule has 1 aromatic carbocycles. The second-order valence-corrected chi connectivity index (χ2v) is 6.81. The van der Waals surface area contributed by atoms with Gasteiger partial charge in [-0.15, -0.1) is 0 Å². The Balaban J connectivity index is 2.14. The quantitative estimate of drug-likeness (QED) is 0.692. The molecule has 2 heteroatoms. The molecule has 0 aliphatic carbocycles. The van der Waals surface area contributed by atoms with Gasteiger partial charge in [-0.05, 0) is 70.2 Å². The fourth-order valence-corrected chi connectivity index (χ4v) is 2.02. The summed E-state index contributed by atoms with van der Waals surface area (Å²) >= 11 is 0. The number of rotatable bonds is 8. The lowest BCUT2D eigenvalue weighted by Gasteiger charge is -2.20. The molecule has 0 bridgehead atoms. The van der Waals surface area contributed by atoms with Gasteiger partial charge in [0.05, 0.1) is 6.61 Å². The molecule has 0 heterocycles. The Morgan fingerprint density at radius 3 is 2.50 bits per heavy atom. The zero-order chi connectivity index (χ0) is 15.0. The van der Waals surface area contributed by atoms with Gasteiger partial charge in [0, 0.05) is 5.54 Å². The summed E-state index contributed by atoms with van der Waals surface area (Å²) in [5.41, 5.74) is 1.57. The van der Waals surface area contributed by atoms with Crippen LogP contribution >= 0.6 is 0 Å². The third-order valence-corrected chi connectivity index (χ3v) is 3.27. The van der Waals surface area contributed by atoms with Crippen molar-refractivity contribution < 1.29 is 4.74 Å². The average molecular weight is 277 g/mol. The number of ether oxygens (including phenoxy) is 1. The summed E-state index contributed by atoms with van der Waals surface area (Å²) in [7, 11) is 0. The molecule has 0 spiro atoms. The van der Waals surface area contributed by atoms with Crippen LogP contribution in [0.5, 0.6) is 5.75 Å². The zero-order valence-corrected chi connectivity index (χ0v) is 13.8. The monoisotopic (exact) mass is 277 g/mol. The molecule has 1 aromatic rings. The SMILES string of the molecule is CC(C)c1cccc(OCCCCCNC(C)(C)C)c1. The molecule has 0 unspecified atom stereocenters. The van der Waals surface area contributed by atoms with Crippen molar-refractivity contribution >= 4 is 0 Å². The van der Waals surface area contributed by atoms with Crippen molar-refractivity contribution in [2.24, 2.45) is 0 Å². The first-order chi connectivity index (χ1) is 9.38. The Morgan fingerprint density at radius 2 is 1.85 bits per heavy atom. The highest BCUT2D eigenvalue weighted by Crippen LogP contribution is 2.20. The Kier molecular flexibility index (Phi) is 7.08. The van der Waals surface area contributed by atoms with Crippen molar-refractivity contribution in [3.8, 4) is 5.75 Å². The van der Waals surface area contributed by atoms with Crippen LogP contribution in [0.25, 0.3) is 0 Å². The molecule has 1 N–H and O–H groups in total. The van der Waals surface area contributed by atoms with Crippen LogP contribution < -0.4 is 10.1 Å². The van der Waals surface area contributed by atoms with Crippen LogP contribution in [0.1, 0.15) is 65.4 Å². The van der Waals surface area contributed by atoms with Crippen LogP contribution in [0.4, 0.5) is 0 Å². The van der Waals surface area contributed by atoms with Gasteiger partial charge >= 0.3 is 0 Å². The number of benzene rings is 1. The second-order valence-electron chi connectivity index (χ2n) is 6.81. The van der Waals surface area contributed by atoms with Gasteiger partial charge in [-0.2, -0.15) is 0 Å². The van der Waals surface area contributed by atoms with Crippen LogP contribution in [0.2, 0.25) is 0 Å². The first-order valence-corrected chi connectivity index (χ1v) is 7.86. The molecule has 0 aliphatic heterocycles. The van der Waals surface area contributed by atoms with Crippen molar-refractivity contribution in [3.63, 3.8) is 0 Å². The molecule has 0 fully saturated rings. The lowest BCUT2D eigenvalue weighted by atomic mass is 10.0. The number of nitrogens with one attached hydrogen (secondary N) is 1. The van der Waals surface area contributed by atoms with E-state index in [2.05, 4.69) is 58.1 Å². The second kappa shape index (κ2) is 8.31. The number of hydrogen-bond acceptors (Lipinski definition) is 2. The normalized spacial score (nSPS) is 11.9. The highest BCUT2D eigenvalue weighted by atomic mass is 16.5. The summed E-state index contributed by atoms with van der Waals surface area (Å²) in [6.07, 6.45) is 3.55. The first kappa shape index (κ1) is 17.0. The maximum Gasteiger partial charge on any atom is 0.119 e. The van der Waals surface area contributed by atoms with Crippen LogP contribution in [0.15, 0.2) is 24.3 Å². The van der Waals surface area contributed by atoms with Gasteiger partial charge in [-0.3, -0.25) is 0 Å². The minimum Gasteiger partial charge on any atom is -0.494 e. The van der Waals surface area contributed by atoms with E-state index in [1.54, 1.807) is 0 Å². The molecule has 0 aromatic heterocycles. The van der Waals surface area contributed by atoms with E-state index in [0.717, 1.165) is 25.3 Å². The fraction of sp³-hybridized carbons (Fsp3) is 0.667. The Bertz CT molecular complexity index is 379. The van der Waals surface area contributed by atoms with Gasteiger partial charge in [0.15, 0.2) is 0 Å². The minimum absolute atomic E-state index is 0.230. The maximum atomic E-state index is 5.82. The largest absolute Gasteiger partial charge is 0.494 e. The first-order valence-electron chi connectivity index (χ1n) is 7.86. The lowest BCUT2D eigenvalue weighted by molar-refractivity contribution is 0.303. The molecule has 0 atom stereocenters. The van der Waals surface area contributed by atoms with Crippen LogP contribution in [-0.2, 0) is 0 Å². The summed E-state index contributed by atoms with van der Waals surface area (Å²) in [5, 5.41) is 3.51. The van der Waals surface area contributed by atoms with Crippen molar-refractivity contribution in [1.82, 2.24) is 5.32 Å². The Morgan fingerprint density at radius 1 is 1.10 bits per heavy atom. The number of unbranched alkanes of at least 4 members (excludes halogenated alkanes) is 2. The Hall–Kier alpha value is -1.02. The molecule has 0 radical (unpaired) electrons. The van der Waals surface area contributed by atoms with Gasteiger partial charge in [0.2, 0.25) is 0 Å². The van der Waals surface area contributed by atoms with Gasteiger partial charge < -0.3 is 10.1 Å². The van der Waals surface area contributed by atoms with Crippen molar-refractivity contribution in [2.75, 3.05) is 13.2 Å². The number of hydrogen-bond donors (Lipinski definition) is 1.